The summed E-state index contributed by atoms with van der Waals surface area (Å²) in [6.45, 7) is 5.45. The lowest BCUT2D eigenvalue weighted by Gasteiger charge is -2.23. The van der Waals surface area contributed by atoms with Gasteiger partial charge in [-0.15, -0.1) is 0 Å². The number of aromatic nitrogens is 1. The average molecular weight is 298 g/mol. The molecule has 2 aromatic rings. The van der Waals surface area contributed by atoms with Crippen molar-refractivity contribution >= 4 is 17.4 Å². The molecule has 0 fully saturated rings. The van der Waals surface area contributed by atoms with Gasteiger partial charge in [-0.25, -0.2) is 4.98 Å². The highest BCUT2D eigenvalue weighted by Crippen LogP contribution is 2.17. The first-order valence-electron chi connectivity index (χ1n) is 7.41. The number of nitrogens with zero attached hydrogens (tertiary/aromatic N) is 2. The minimum atomic E-state index is -0.549. The maximum absolute atomic E-state index is 11.5. The normalized spacial score (nSPS) is 11.8. The third-order valence-electron chi connectivity index (χ3n) is 3.38. The quantitative estimate of drug-likeness (QED) is 0.859. The second-order valence-electron chi connectivity index (χ2n) is 5.18. The predicted molar refractivity (Wildman–Crippen MR) is 89.7 cm³/mol. The molecule has 0 bridgehead atoms. The lowest BCUT2D eigenvalue weighted by atomic mass is 10.2. The molecular formula is C17H22N4O. The Morgan fingerprint density at radius 2 is 2.00 bits per heavy atom. The summed E-state index contributed by atoms with van der Waals surface area (Å²) in [6.07, 6.45) is 1.77. The minimum absolute atomic E-state index is 0.239. The van der Waals surface area contributed by atoms with Crippen LogP contribution in [0.25, 0.3) is 0 Å². The molecule has 1 aromatic heterocycles. The van der Waals surface area contributed by atoms with Crippen LogP contribution in [0.15, 0.2) is 48.7 Å². The van der Waals surface area contributed by atoms with Gasteiger partial charge in [-0.1, -0.05) is 30.3 Å². The van der Waals surface area contributed by atoms with Crippen LogP contribution in [-0.2, 0) is 11.3 Å². The van der Waals surface area contributed by atoms with E-state index in [4.69, 9.17) is 5.73 Å². The first kappa shape index (κ1) is 16.0. The van der Waals surface area contributed by atoms with Gasteiger partial charge in [-0.3, -0.25) is 4.79 Å². The number of amides is 1. The Morgan fingerprint density at radius 3 is 2.55 bits per heavy atom. The van der Waals surface area contributed by atoms with Crippen molar-refractivity contribution in [3.63, 3.8) is 0 Å². The number of pyridine rings is 1. The average Bonchev–Trinajstić information content (AvgIpc) is 2.54. The molecule has 22 heavy (non-hydrogen) atoms. The van der Waals surface area contributed by atoms with Gasteiger partial charge in [-0.2, -0.15) is 0 Å². The van der Waals surface area contributed by atoms with Crippen LogP contribution in [0.2, 0.25) is 0 Å². The van der Waals surface area contributed by atoms with E-state index in [-0.39, 0.29) is 5.91 Å². The van der Waals surface area contributed by atoms with Gasteiger partial charge in [0, 0.05) is 13.1 Å². The topological polar surface area (TPSA) is 71.2 Å². The molecule has 0 saturated heterocycles. The highest BCUT2D eigenvalue weighted by Gasteiger charge is 2.09. The molecule has 0 aliphatic rings. The number of carbonyl (C=O) groups excluding carboxylic acids is 1. The van der Waals surface area contributed by atoms with E-state index in [0.717, 1.165) is 18.8 Å². The van der Waals surface area contributed by atoms with Gasteiger partial charge in [0.1, 0.15) is 5.82 Å². The van der Waals surface area contributed by atoms with Crippen LogP contribution < -0.4 is 16.0 Å². The van der Waals surface area contributed by atoms with Crippen LogP contribution in [-0.4, -0.2) is 23.5 Å². The third-order valence-corrected chi connectivity index (χ3v) is 3.38. The molecule has 0 radical (unpaired) electrons. The molecule has 0 aliphatic carbocycles. The fraction of sp³-hybridized carbons (Fsp3) is 0.294. The monoisotopic (exact) mass is 298 g/mol. The maximum Gasteiger partial charge on any atom is 0.242 e. The van der Waals surface area contributed by atoms with Crippen molar-refractivity contribution < 1.29 is 4.79 Å². The second kappa shape index (κ2) is 7.56. The lowest BCUT2D eigenvalue weighted by Crippen LogP contribution is -2.32. The molecule has 5 nitrogen and oxygen atoms in total. The number of carbonyl (C=O) groups is 1. The third kappa shape index (κ3) is 4.30. The van der Waals surface area contributed by atoms with Crippen molar-refractivity contribution in [1.29, 1.82) is 0 Å². The Labute approximate surface area is 131 Å². The zero-order chi connectivity index (χ0) is 15.9. The van der Waals surface area contributed by atoms with Gasteiger partial charge in [0.05, 0.1) is 17.9 Å². The van der Waals surface area contributed by atoms with Crippen LogP contribution in [0.3, 0.4) is 0 Å². The lowest BCUT2D eigenvalue weighted by molar-refractivity contribution is -0.117. The Bertz CT molecular complexity index is 596. The maximum atomic E-state index is 11.5. The fourth-order valence-electron chi connectivity index (χ4n) is 2.08. The van der Waals surface area contributed by atoms with Crippen molar-refractivity contribution in [1.82, 2.24) is 4.98 Å². The molecule has 116 valence electrons. The largest absolute Gasteiger partial charge is 0.366 e. The van der Waals surface area contributed by atoms with Gasteiger partial charge < -0.3 is 16.0 Å². The summed E-state index contributed by atoms with van der Waals surface area (Å²) < 4.78 is 0. The fourth-order valence-corrected chi connectivity index (χ4v) is 2.08. The van der Waals surface area contributed by atoms with E-state index in [2.05, 4.69) is 34.3 Å². The molecule has 1 heterocycles. The Morgan fingerprint density at radius 1 is 1.27 bits per heavy atom. The summed E-state index contributed by atoms with van der Waals surface area (Å²) in [5.41, 5.74) is 7.79. The predicted octanol–water partition coefficient (Wildman–Crippen LogP) is 2.39. The number of hydrogen-bond donors (Lipinski definition) is 2. The van der Waals surface area contributed by atoms with E-state index in [9.17, 15) is 4.79 Å². The Hall–Kier alpha value is -2.40. The molecule has 2 rings (SSSR count). The molecule has 1 aromatic carbocycles. The van der Waals surface area contributed by atoms with Crippen LogP contribution in [0.4, 0.5) is 11.5 Å². The highest BCUT2D eigenvalue weighted by molar-refractivity contribution is 5.93. The summed E-state index contributed by atoms with van der Waals surface area (Å²) in [7, 11) is 0. The van der Waals surface area contributed by atoms with E-state index >= 15 is 0 Å². The van der Waals surface area contributed by atoms with E-state index < -0.39 is 6.04 Å². The number of hydrogen-bond acceptors (Lipinski definition) is 4. The van der Waals surface area contributed by atoms with E-state index in [1.165, 1.54) is 5.56 Å². The van der Waals surface area contributed by atoms with Gasteiger partial charge in [-0.05, 0) is 31.5 Å². The SMILES string of the molecule is CCN(Cc1ccccc1)c1ccc(NC(=O)C(C)N)nc1. The summed E-state index contributed by atoms with van der Waals surface area (Å²) in [6, 6.07) is 13.5. The summed E-state index contributed by atoms with van der Waals surface area (Å²) in [4.78, 5) is 18.0. The van der Waals surface area contributed by atoms with Crippen LogP contribution in [0.1, 0.15) is 19.4 Å². The van der Waals surface area contributed by atoms with Crippen LogP contribution in [0.5, 0.6) is 0 Å². The molecule has 0 saturated carbocycles. The van der Waals surface area contributed by atoms with Crippen molar-refractivity contribution in [2.45, 2.75) is 26.4 Å². The number of rotatable bonds is 6. The Balaban J connectivity index is 2.06. The number of anilines is 2. The van der Waals surface area contributed by atoms with E-state index in [1.807, 2.05) is 24.3 Å². The van der Waals surface area contributed by atoms with Crippen molar-refractivity contribution in [2.75, 3.05) is 16.8 Å². The summed E-state index contributed by atoms with van der Waals surface area (Å²) >= 11 is 0. The van der Waals surface area contributed by atoms with Crippen molar-refractivity contribution in [2.24, 2.45) is 5.73 Å². The van der Waals surface area contributed by atoms with Crippen LogP contribution in [0, 0.1) is 0 Å². The zero-order valence-electron chi connectivity index (χ0n) is 13.0. The van der Waals surface area contributed by atoms with E-state index in [0.29, 0.717) is 5.82 Å². The summed E-state index contributed by atoms with van der Waals surface area (Å²) in [5.74, 6) is 0.277. The van der Waals surface area contributed by atoms with Gasteiger partial charge in [0.15, 0.2) is 0 Å². The molecule has 5 heteroatoms. The molecule has 0 aliphatic heterocycles. The smallest absolute Gasteiger partial charge is 0.242 e. The first-order valence-corrected chi connectivity index (χ1v) is 7.41. The number of benzene rings is 1. The van der Waals surface area contributed by atoms with Crippen molar-refractivity contribution in [3.8, 4) is 0 Å². The van der Waals surface area contributed by atoms with Crippen molar-refractivity contribution in [3.05, 3.63) is 54.2 Å². The highest BCUT2D eigenvalue weighted by atomic mass is 16.2. The number of nitrogens with two attached hydrogens (primary N) is 1. The first-order chi connectivity index (χ1) is 10.6. The second-order valence-corrected chi connectivity index (χ2v) is 5.18. The molecule has 1 unspecified atom stereocenters. The molecule has 0 spiro atoms. The minimum Gasteiger partial charge on any atom is -0.366 e. The van der Waals surface area contributed by atoms with E-state index in [1.54, 1.807) is 19.2 Å². The van der Waals surface area contributed by atoms with Gasteiger partial charge in [0.2, 0.25) is 5.91 Å². The standard InChI is InChI=1S/C17H22N4O/c1-3-21(12-14-7-5-4-6-8-14)15-9-10-16(19-11-15)20-17(22)13(2)18/h4-11,13H,3,12,18H2,1-2H3,(H,19,20,22). The molecule has 1 atom stereocenters. The van der Waals surface area contributed by atoms with Crippen LogP contribution >= 0.6 is 0 Å². The van der Waals surface area contributed by atoms with Gasteiger partial charge >= 0.3 is 0 Å². The molecule has 3 N–H and O–H groups in total. The number of nitrogens with one attached hydrogen (secondary N) is 1. The summed E-state index contributed by atoms with van der Waals surface area (Å²) in [5, 5.41) is 2.68. The molecule has 1 amide bonds. The van der Waals surface area contributed by atoms with Gasteiger partial charge in [0.25, 0.3) is 0 Å². The zero-order valence-corrected chi connectivity index (χ0v) is 13.0. The molecular weight excluding hydrogens is 276 g/mol. The Kier molecular flexibility index (Phi) is 5.49.